The number of hydrogen-bond donors (Lipinski definition) is 0. The third-order valence-electron chi connectivity index (χ3n) is 2.91. The molecule has 4 heteroatoms. The Morgan fingerprint density at radius 3 is 2.45 bits per heavy atom. The first-order valence-electron chi connectivity index (χ1n) is 6.25. The summed E-state index contributed by atoms with van der Waals surface area (Å²) >= 11 is 3.44. The van der Waals surface area contributed by atoms with Gasteiger partial charge in [-0.15, -0.1) is 0 Å². The van der Waals surface area contributed by atoms with Crippen molar-refractivity contribution >= 4 is 15.9 Å². The molecule has 0 atom stereocenters. The molecule has 0 heterocycles. The van der Waals surface area contributed by atoms with Crippen molar-refractivity contribution in [1.82, 2.24) is 0 Å². The Morgan fingerprint density at radius 2 is 1.75 bits per heavy atom. The van der Waals surface area contributed by atoms with Gasteiger partial charge in [-0.3, -0.25) is 0 Å². The molecule has 0 unspecified atom stereocenters. The van der Waals surface area contributed by atoms with Gasteiger partial charge in [0.2, 0.25) is 0 Å². The molecule has 0 N–H and O–H groups in total. The van der Waals surface area contributed by atoms with Crippen LogP contribution in [-0.4, -0.2) is 14.2 Å². The Balaban J connectivity index is 2.12. The Morgan fingerprint density at radius 1 is 0.900 bits per heavy atom. The summed E-state index contributed by atoms with van der Waals surface area (Å²) < 4.78 is 16.4. The largest absolute Gasteiger partial charge is 0.497 e. The molecule has 0 radical (unpaired) electrons. The lowest BCUT2D eigenvalue weighted by molar-refractivity contribution is 0.283. The summed E-state index contributed by atoms with van der Waals surface area (Å²) in [6.45, 7) is 0.472. The lowest BCUT2D eigenvalue weighted by Gasteiger charge is -2.12. The number of rotatable bonds is 6. The molecule has 0 amide bonds. The molecular formula is C16H17BrO3. The Hall–Kier alpha value is -1.68. The van der Waals surface area contributed by atoms with E-state index in [2.05, 4.69) is 15.9 Å². The Labute approximate surface area is 127 Å². The monoisotopic (exact) mass is 336 g/mol. The number of halogens is 1. The maximum atomic E-state index is 5.85. The van der Waals surface area contributed by atoms with Gasteiger partial charge >= 0.3 is 0 Å². The molecule has 0 aliphatic heterocycles. The molecule has 0 fully saturated rings. The smallest absolute Gasteiger partial charge is 0.161 e. The second-order valence-corrected chi connectivity index (χ2v) is 4.82. The van der Waals surface area contributed by atoms with Crippen LogP contribution in [-0.2, 0) is 11.9 Å². The van der Waals surface area contributed by atoms with E-state index in [9.17, 15) is 0 Å². The molecule has 2 aromatic carbocycles. The van der Waals surface area contributed by atoms with E-state index in [4.69, 9.17) is 14.2 Å². The van der Waals surface area contributed by atoms with Crippen molar-refractivity contribution in [2.24, 2.45) is 0 Å². The predicted molar refractivity (Wildman–Crippen MR) is 83.0 cm³/mol. The lowest BCUT2D eigenvalue weighted by Crippen LogP contribution is -1.98. The third-order valence-corrected chi connectivity index (χ3v) is 3.56. The summed E-state index contributed by atoms with van der Waals surface area (Å²) in [4.78, 5) is 0. The molecule has 0 bridgehead atoms. The van der Waals surface area contributed by atoms with Gasteiger partial charge < -0.3 is 14.2 Å². The van der Waals surface area contributed by atoms with Crippen molar-refractivity contribution in [3.8, 4) is 17.2 Å². The van der Waals surface area contributed by atoms with Crippen LogP contribution in [0.2, 0.25) is 0 Å². The van der Waals surface area contributed by atoms with Crippen LogP contribution in [0.4, 0.5) is 0 Å². The van der Waals surface area contributed by atoms with E-state index < -0.39 is 0 Å². The zero-order valence-corrected chi connectivity index (χ0v) is 13.1. The molecule has 106 valence electrons. The highest BCUT2D eigenvalue weighted by Gasteiger charge is 2.06. The van der Waals surface area contributed by atoms with Gasteiger partial charge in [0.1, 0.15) is 12.4 Å². The van der Waals surface area contributed by atoms with Gasteiger partial charge in [-0.25, -0.2) is 0 Å². The van der Waals surface area contributed by atoms with Gasteiger partial charge in [0, 0.05) is 5.33 Å². The first-order chi connectivity index (χ1) is 9.76. The van der Waals surface area contributed by atoms with E-state index in [1.54, 1.807) is 14.2 Å². The fraction of sp³-hybridized carbons (Fsp3) is 0.250. The van der Waals surface area contributed by atoms with E-state index in [0.29, 0.717) is 6.61 Å². The minimum atomic E-state index is 0.472. The van der Waals surface area contributed by atoms with Crippen LogP contribution in [0.25, 0.3) is 0 Å². The molecule has 0 saturated heterocycles. The Kier molecular flexibility index (Phi) is 5.30. The fourth-order valence-corrected chi connectivity index (χ4v) is 2.19. The van der Waals surface area contributed by atoms with E-state index in [1.807, 2.05) is 42.5 Å². The molecule has 0 aromatic heterocycles. The normalized spacial score (nSPS) is 10.2. The van der Waals surface area contributed by atoms with Crippen LogP contribution in [0, 0.1) is 0 Å². The lowest BCUT2D eigenvalue weighted by atomic mass is 10.2. The van der Waals surface area contributed by atoms with E-state index in [0.717, 1.165) is 33.7 Å². The van der Waals surface area contributed by atoms with E-state index >= 15 is 0 Å². The average Bonchev–Trinajstić information content (AvgIpc) is 2.52. The van der Waals surface area contributed by atoms with Crippen LogP contribution < -0.4 is 14.2 Å². The van der Waals surface area contributed by atoms with Crippen LogP contribution in [0.15, 0.2) is 42.5 Å². The summed E-state index contributed by atoms with van der Waals surface area (Å²) in [6, 6.07) is 13.7. The molecule has 2 rings (SSSR count). The first kappa shape index (κ1) is 14.7. The highest BCUT2D eigenvalue weighted by Crippen LogP contribution is 2.29. The van der Waals surface area contributed by atoms with Crippen molar-refractivity contribution in [3.63, 3.8) is 0 Å². The number of methoxy groups -OCH3 is 2. The first-order valence-corrected chi connectivity index (χ1v) is 7.37. The van der Waals surface area contributed by atoms with Crippen LogP contribution in [0.3, 0.4) is 0 Å². The summed E-state index contributed by atoms with van der Waals surface area (Å²) in [6.07, 6.45) is 0. The number of alkyl halides is 1. The highest BCUT2D eigenvalue weighted by molar-refractivity contribution is 9.08. The standard InChI is InChI=1S/C16H17BrO3/c1-18-14-5-3-4-13(8-14)11-20-16-9-12(10-17)6-7-15(16)19-2/h3-9H,10-11H2,1-2H3. The van der Waals surface area contributed by atoms with Crippen molar-refractivity contribution < 1.29 is 14.2 Å². The molecule has 0 aliphatic rings. The van der Waals surface area contributed by atoms with Gasteiger partial charge in [0.05, 0.1) is 14.2 Å². The van der Waals surface area contributed by atoms with Gasteiger partial charge in [-0.1, -0.05) is 34.1 Å². The maximum absolute atomic E-state index is 5.85. The zero-order chi connectivity index (χ0) is 14.4. The quantitative estimate of drug-likeness (QED) is 0.740. The summed E-state index contributed by atoms with van der Waals surface area (Å²) in [5.41, 5.74) is 2.20. The van der Waals surface area contributed by atoms with E-state index in [-0.39, 0.29) is 0 Å². The predicted octanol–water partition coefficient (Wildman–Crippen LogP) is 4.18. The molecule has 2 aromatic rings. The van der Waals surface area contributed by atoms with Crippen LogP contribution >= 0.6 is 15.9 Å². The molecule has 20 heavy (non-hydrogen) atoms. The second-order valence-electron chi connectivity index (χ2n) is 4.26. The number of benzene rings is 2. The molecular weight excluding hydrogens is 320 g/mol. The van der Waals surface area contributed by atoms with E-state index in [1.165, 1.54) is 0 Å². The fourth-order valence-electron chi connectivity index (χ4n) is 1.84. The van der Waals surface area contributed by atoms with Crippen molar-refractivity contribution in [2.75, 3.05) is 14.2 Å². The molecule has 3 nitrogen and oxygen atoms in total. The highest BCUT2D eigenvalue weighted by atomic mass is 79.9. The van der Waals surface area contributed by atoms with Gasteiger partial charge in [-0.05, 0) is 35.4 Å². The number of ether oxygens (including phenoxy) is 3. The Bertz CT molecular complexity index is 569. The van der Waals surface area contributed by atoms with Crippen LogP contribution in [0.5, 0.6) is 17.2 Å². The maximum Gasteiger partial charge on any atom is 0.161 e. The minimum Gasteiger partial charge on any atom is -0.497 e. The summed E-state index contributed by atoms with van der Waals surface area (Å²) in [5.74, 6) is 2.30. The molecule has 0 saturated carbocycles. The van der Waals surface area contributed by atoms with Crippen molar-refractivity contribution in [3.05, 3.63) is 53.6 Å². The second kappa shape index (κ2) is 7.20. The van der Waals surface area contributed by atoms with Gasteiger partial charge in [0.25, 0.3) is 0 Å². The van der Waals surface area contributed by atoms with Gasteiger partial charge in [-0.2, -0.15) is 0 Å². The molecule has 0 spiro atoms. The average molecular weight is 337 g/mol. The topological polar surface area (TPSA) is 27.7 Å². The van der Waals surface area contributed by atoms with Crippen molar-refractivity contribution in [2.45, 2.75) is 11.9 Å². The van der Waals surface area contributed by atoms with Crippen LogP contribution in [0.1, 0.15) is 11.1 Å². The van der Waals surface area contributed by atoms with Crippen molar-refractivity contribution in [1.29, 1.82) is 0 Å². The third kappa shape index (κ3) is 3.67. The molecule has 0 aliphatic carbocycles. The minimum absolute atomic E-state index is 0.472. The summed E-state index contributed by atoms with van der Waals surface area (Å²) in [5, 5.41) is 0.784. The zero-order valence-electron chi connectivity index (χ0n) is 11.6. The summed E-state index contributed by atoms with van der Waals surface area (Å²) in [7, 11) is 3.30. The SMILES string of the molecule is COc1cccc(COc2cc(CBr)ccc2OC)c1. The number of hydrogen-bond acceptors (Lipinski definition) is 3. The van der Waals surface area contributed by atoms with Gasteiger partial charge in [0.15, 0.2) is 11.5 Å².